The van der Waals surface area contributed by atoms with Gasteiger partial charge in [-0.1, -0.05) is 11.8 Å². The fourth-order valence-corrected chi connectivity index (χ4v) is 2.11. The normalized spacial score (nSPS) is 10.1. The summed E-state index contributed by atoms with van der Waals surface area (Å²) in [5, 5.41) is 12.2. The molecule has 0 radical (unpaired) electrons. The Morgan fingerprint density at radius 1 is 1.45 bits per heavy atom. The number of nitrogens with zero attached hydrogens (tertiary/aromatic N) is 3. The average molecular weight is 288 g/mol. The van der Waals surface area contributed by atoms with Crippen LogP contribution in [0.15, 0.2) is 28.0 Å². The molecule has 7 heteroatoms. The van der Waals surface area contributed by atoms with Crippen LogP contribution in [-0.2, 0) is 4.79 Å². The molecule has 0 atom stereocenters. The van der Waals surface area contributed by atoms with Crippen molar-refractivity contribution < 1.29 is 9.21 Å². The van der Waals surface area contributed by atoms with Gasteiger partial charge in [-0.2, -0.15) is 5.26 Å². The van der Waals surface area contributed by atoms with Gasteiger partial charge in [0.05, 0.1) is 5.75 Å². The molecule has 0 bridgehead atoms. The zero-order valence-corrected chi connectivity index (χ0v) is 11.8. The largest absolute Gasteiger partial charge is 0.444 e. The second kappa shape index (κ2) is 6.21. The summed E-state index contributed by atoms with van der Waals surface area (Å²) in [6, 6.07) is 3.73. The molecule has 0 spiro atoms. The summed E-state index contributed by atoms with van der Waals surface area (Å²) in [5.41, 5.74) is 1.10. The van der Waals surface area contributed by atoms with Crippen molar-refractivity contribution in [3.63, 3.8) is 0 Å². The Morgan fingerprint density at radius 3 is 2.80 bits per heavy atom. The summed E-state index contributed by atoms with van der Waals surface area (Å²) in [7, 11) is 0. The van der Waals surface area contributed by atoms with E-state index in [0.717, 1.165) is 5.56 Å². The van der Waals surface area contributed by atoms with Crippen molar-refractivity contribution in [2.75, 3.05) is 11.1 Å². The monoisotopic (exact) mass is 288 g/mol. The molecule has 2 rings (SSSR count). The third-order valence-corrected chi connectivity index (χ3v) is 3.50. The lowest BCUT2D eigenvalue weighted by molar-refractivity contribution is -0.113. The molecule has 0 saturated heterocycles. The summed E-state index contributed by atoms with van der Waals surface area (Å²) >= 11 is 1.21. The zero-order valence-electron chi connectivity index (χ0n) is 11.0. The topological polar surface area (TPSA) is 91.8 Å². The van der Waals surface area contributed by atoms with Crippen LogP contribution in [0.1, 0.15) is 16.9 Å². The lowest BCUT2D eigenvalue weighted by atomic mass is 10.2. The number of carbonyl (C=O) groups excluding carboxylic acids is 1. The summed E-state index contributed by atoms with van der Waals surface area (Å²) in [4.78, 5) is 19.8. The highest BCUT2D eigenvalue weighted by molar-refractivity contribution is 7.99. The second-order valence-electron chi connectivity index (χ2n) is 3.97. The molecule has 0 aromatic carbocycles. The van der Waals surface area contributed by atoms with E-state index in [2.05, 4.69) is 15.3 Å². The van der Waals surface area contributed by atoms with Crippen LogP contribution in [0, 0.1) is 25.2 Å². The number of anilines is 1. The first-order valence-corrected chi connectivity index (χ1v) is 6.80. The molecule has 0 aliphatic carbocycles. The first kappa shape index (κ1) is 14.1. The second-order valence-corrected chi connectivity index (χ2v) is 4.91. The Hall–Kier alpha value is -2.33. The first-order chi connectivity index (χ1) is 9.61. The molecule has 2 heterocycles. The maximum Gasteiger partial charge on any atom is 0.237 e. The molecule has 0 aliphatic heterocycles. The molecule has 1 amide bonds. The number of amides is 1. The van der Waals surface area contributed by atoms with Crippen molar-refractivity contribution in [1.82, 2.24) is 9.97 Å². The molecule has 20 heavy (non-hydrogen) atoms. The van der Waals surface area contributed by atoms with Gasteiger partial charge < -0.3 is 4.42 Å². The molecule has 102 valence electrons. The zero-order chi connectivity index (χ0) is 14.5. The fraction of sp³-hybridized carbons (Fsp3) is 0.231. The third kappa shape index (κ3) is 3.16. The Bertz CT molecular complexity index is 661. The first-order valence-electron chi connectivity index (χ1n) is 5.81. The van der Waals surface area contributed by atoms with Gasteiger partial charge in [0.25, 0.3) is 0 Å². The van der Waals surface area contributed by atoms with Crippen molar-refractivity contribution >= 4 is 23.6 Å². The lowest BCUT2D eigenvalue weighted by Crippen LogP contribution is -2.14. The van der Waals surface area contributed by atoms with E-state index in [1.807, 2.05) is 6.07 Å². The number of hydrogen-bond acceptors (Lipinski definition) is 6. The number of carbonyl (C=O) groups is 1. The minimum Gasteiger partial charge on any atom is -0.444 e. The maximum atomic E-state index is 11.8. The SMILES string of the molecule is Cc1oc(NC(=O)CSc2ncccn2)c(C#N)c1C. The maximum absolute atomic E-state index is 11.8. The molecule has 2 aromatic heterocycles. The number of nitriles is 1. The van der Waals surface area contributed by atoms with Crippen LogP contribution < -0.4 is 5.32 Å². The molecular formula is C13H12N4O2S. The number of hydrogen-bond donors (Lipinski definition) is 1. The van der Waals surface area contributed by atoms with Crippen LogP contribution in [0.2, 0.25) is 0 Å². The number of nitrogens with one attached hydrogen (secondary N) is 1. The number of furan rings is 1. The average Bonchev–Trinajstić information content (AvgIpc) is 2.72. The van der Waals surface area contributed by atoms with Crippen molar-refractivity contribution in [3.8, 4) is 6.07 Å². The van der Waals surface area contributed by atoms with E-state index < -0.39 is 0 Å². The summed E-state index contributed by atoms with van der Waals surface area (Å²) in [5.74, 6) is 0.693. The molecular weight excluding hydrogens is 276 g/mol. The molecule has 2 aromatic rings. The van der Waals surface area contributed by atoms with Crippen molar-refractivity contribution in [2.24, 2.45) is 0 Å². The van der Waals surface area contributed by atoms with Crippen molar-refractivity contribution in [3.05, 3.63) is 35.3 Å². The van der Waals surface area contributed by atoms with Gasteiger partial charge in [0, 0.05) is 18.0 Å². The number of rotatable bonds is 4. The smallest absolute Gasteiger partial charge is 0.237 e. The van der Waals surface area contributed by atoms with Crippen LogP contribution >= 0.6 is 11.8 Å². The Morgan fingerprint density at radius 2 is 2.15 bits per heavy atom. The van der Waals surface area contributed by atoms with Crippen molar-refractivity contribution in [2.45, 2.75) is 19.0 Å². The summed E-state index contributed by atoms with van der Waals surface area (Å²) in [6.07, 6.45) is 3.22. The summed E-state index contributed by atoms with van der Waals surface area (Å²) in [6.45, 7) is 3.53. The molecule has 6 nitrogen and oxygen atoms in total. The van der Waals surface area contributed by atoms with Gasteiger partial charge in [-0.3, -0.25) is 10.1 Å². The number of aryl methyl sites for hydroxylation is 1. The van der Waals surface area contributed by atoms with Gasteiger partial charge in [-0.25, -0.2) is 9.97 Å². The highest BCUT2D eigenvalue weighted by Crippen LogP contribution is 2.25. The van der Waals surface area contributed by atoms with E-state index in [-0.39, 0.29) is 17.5 Å². The van der Waals surface area contributed by atoms with Gasteiger partial charge >= 0.3 is 0 Å². The lowest BCUT2D eigenvalue weighted by Gasteiger charge is -2.01. The number of thioether (sulfide) groups is 1. The van der Waals surface area contributed by atoms with Crippen LogP contribution in [0.5, 0.6) is 0 Å². The van der Waals surface area contributed by atoms with Crippen LogP contribution in [0.3, 0.4) is 0 Å². The van der Waals surface area contributed by atoms with Gasteiger partial charge in [0.2, 0.25) is 11.8 Å². The minimum atomic E-state index is -0.271. The molecule has 0 saturated carbocycles. The van der Waals surface area contributed by atoms with E-state index in [4.69, 9.17) is 9.68 Å². The van der Waals surface area contributed by atoms with E-state index in [1.54, 1.807) is 32.3 Å². The predicted molar refractivity (Wildman–Crippen MR) is 74.3 cm³/mol. The Kier molecular flexibility index (Phi) is 4.38. The van der Waals surface area contributed by atoms with E-state index in [1.165, 1.54) is 11.8 Å². The highest BCUT2D eigenvalue weighted by atomic mass is 32.2. The Balaban J connectivity index is 1.99. The Labute approximate surface area is 120 Å². The van der Waals surface area contributed by atoms with Crippen LogP contribution in [-0.4, -0.2) is 21.6 Å². The van der Waals surface area contributed by atoms with Gasteiger partial charge in [-0.05, 0) is 19.9 Å². The van der Waals surface area contributed by atoms with Crippen molar-refractivity contribution in [1.29, 1.82) is 5.26 Å². The molecule has 0 unspecified atom stereocenters. The van der Waals surface area contributed by atoms with E-state index in [9.17, 15) is 4.79 Å². The van der Waals surface area contributed by atoms with Crippen LogP contribution in [0.4, 0.5) is 5.88 Å². The number of aromatic nitrogens is 2. The molecule has 0 fully saturated rings. The summed E-state index contributed by atoms with van der Waals surface area (Å²) < 4.78 is 5.36. The standard InChI is InChI=1S/C13H12N4O2S/c1-8-9(2)19-12(10(8)6-14)17-11(18)7-20-13-15-4-3-5-16-13/h3-5H,7H2,1-2H3,(H,17,18). The molecule has 1 N–H and O–H groups in total. The highest BCUT2D eigenvalue weighted by Gasteiger charge is 2.16. The minimum absolute atomic E-state index is 0.147. The predicted octanol–water partition coefficient (Wildman–Crippen LogP) is 2.29. The van der Waals surface area contributed by atoms with Gasteiger partial charge in [0.15, 0.2) is 5.16 Å². The van der Waals surface area contributed by atoms with E-state index >= 15 is 0 Å². The van der Waals surface area contributed by atoms with Gasteiger partial charge in [0.1, 0.15) is 17.4 Å². The third-order valence-electron chi connectivity index (χ3n) is 2.62. The quantitative estimate of drug-likeness (QED) is 0.685. The van der Waals surface area contributed by atoms with Gasteiger partial charge in [-0.15, -0.1) is 0 Å². The molecule has 0 aliphatic rings. The fourth-order valence-electron chi connectivity index (χ4n) is 1.50. The van der Waals surface area contributed by atoms with E-state index in [0.29, 0.717) is 16.5 Å². The van der Waals surface area contributed by atoms with Crippen LogP contribution in [0.25, 0.3) is 0 Å².